The van der Waals surface area contributed by atoms with Gasteiger partial charge in [0.25, 0.3) is 5.92 Å². The summed E-state index contributed by atoms with van der Waals surface area (Å²) < 4.78 is 42.9. The highest BCUT2D eigenvalue weighted by Gasteiger charge is 2.45. The van der Waals surface area contributed by atoms with Crippen molar-refractivity contribution in [3.05, 3.63) is 59.6 Å². The number of aromatic nitrogens is 1. The lowest BCUT2D eigenvalue weighted by Crippen LogP contribution is -2.61. The second kappa shape index (κ2) is 8.55. The first-order valence-corrected chi connectivity index (χ1v) is 10.6. The predicted molar refractivity (Wildman–Crippen MR) is 114 cm³/mol. The van der Waals surface area contributed by atoms with Gasteiger partial charge in [0.2, 0.25) is 0 Å². The molecule has 1 unspecified atom stereocenters. The lowest BCUT2D eigenvalue weighted by Gasteiger charge is -2.41. The Balaban J connectivity index is 1.48. The minimum absolute atomic E-state index is 0.0231. The van der Waals surface area contributed by atoms with E-state index in [0.717, 1.165) is 17.7 Å². The fraction of sp³-hybridized carbons (Fsp3) is 0.500. The molecule has 4 rings (SSSR count). The second-order valence-corrected chi connectivity index (χ2v) is 8.60. The van der Waals surface area contributed by atoms with Gasteiger partial charge in [0, 0.05) is 42.7 Å². The monoisotopic (exact) mass is 434 g/mol. The van der Waals surface area contributed by atoms with Gasteiger partial charge in [-0.05, 0) is 37.0 Å². The molecule has 1 aromatic rings. The largest absolute Gasteiger partial charge is 0.402 e. The Morgan fingerprint density at radius 2 is 2.13 bits per heavy atom. The summed E-state index contributed by atoms with van der Waals surface area (Å²) in [7, 11) is 0. The second-order valence-electron chi connectivity index (χ2n) is 8.60. The third kappa shape index (κ3) is 4.57. The number of hydrogen-bond donors (Lipinski definition) is 5. The number of nitrogens with two attached hydrogens (primary N) is 2. The molecule has 3 aliphatic rings. The van der Waals surface area contributed by atoms with Crippen molar-refractivity contribution in [2.24, 2.45) is 17.4 Å². The Bertz CT molecular complexity index is 899. The Labute approximate surface area is 180 Å². The number of fused-ring (bicyclic) bond motifs is 1. The molecule has 1 fully saturated rings. The van der Waals surface area contributed by atoms with Gasteiger partial charge < -0.3 is 22.1 Å². The van der Waals surface area contributed by atoms with Crippen LogP contribution >= 0.6 is 0 Å². The van der Waals surface area contributed by atoms with Crippen LogP contribution in [0.25, 0.3) is 6.08 Å². The van der Waals surface area contributed by atoms with Crippen LogP contribution in [0.1, 0.15) is 36.9 Å². The Hall–Kier alpha value is -2.52. The molecule has 1 aliphatic heterocycles. The summed E-state index contributed by atoms with van der Waals surface area (Å²) in [5.41, 5.74) is 14.1. The topological polar surface area (TPSA) is 101 Å². The summed E-state index contributed by atoms with van der Waals surface area (Å²) in [4.78, 5) is 4.35. The molecule has 0 aromatic carbocycles. The normalized spacial score (nSPS) is 32.2. The zero-order valence-electron chi connectivity index (χ0n) is 17.3. The molecule has 31 heavy (non-hydrogen) atoms. The van der Waals surface area contributed by atoms with Gasteiger partial charge in [-0.1, -0.05) is 18.7 Å². The van der Waals surface area contributed by atoms with Crippen LogP contribution in [-0.2, 0) is 6.42 Å². The van der Waals surface area contributed by atoms with Crippen LogP contribution in [0.5, 0.6) is 0 Å². The van der Waals surface area contributed by atoms with E-state index in [9.17, 15) is 13.2 Å². The number of nitrogens with zero attached hydrogens (tertiary/aromatic N) is 1. The number of halogens is 3. The summed E-state index contributed by atoms with van der Waals surface area (Å²) >= 11 is 0. The van der Waals surface area contributed by atoms with E-state index in [1.54, 1.807) is 6.20 Å². The highest BCUT2D eigenvalue weighted by Crippen LogP contribution is 2.34. The first-order valence-electron chi connectivity index (χ1n) is 10.6. The number of hydrogen-bond acceptors (Lipinski definition) is 6. The molecule has 1 aromatic heterocycles. The number of pyridine rings is 1. The van der Waals surface area contributed by atoms with Gasteiger partial charge in [-0.25, -0.2) is 13.2 Å². The standard InChI is InChI=1S/C22H29F3N6/c1-12(26)15-11-16(23)21(30-18-5-2-8-22(24,25)19(18)27)31-20(15)29-14-6-7-17-13(10-14)4-3-9-28-17/h3-4,6-7,9,14-15,18-20,29-31H,1-2,5,8,10-11,26-27H2/t14-,15+,18+,19+,20?/m0/s1. The molecular formula is C22H29F3N6. The average molecular weight is 435 g/mol. The van der Waals surface area contributed by atoms with Gasteiger partial charge in [-0.3, -0.25) is 10.3 Å². The van der Waals surface area contributed by atoms with Gasteiger partial charge in [0.15, 0.2) is 0 Å². The predicted octanol–water partition coefficient (Wildman–Crippen LogP) is 2.26. The van der Waals surface area contributed by atoms with E-state index in [4.69, 9.17) is 11.5 Å². The summed E-state index contributed by atoms with van der Waals surface area (Å²) in [6, 6.07) is 1.79. The van der Waals surface area contributed by atoms with Gasteiger partial charge >= 0.3 is 0 Å². The first kappa shape index (κ1) is 21.7. The van der Waals surface area contributed by atoms with Gasteiger partial charge in [0.05, 0.1) is 17.9 Å². The SMILES string of the molecule is C=C(N)[C@H]1CC(F)=C(N[C@@H]2CCCC(F)(F)[C@@H]2N)NC1N[C@H]1C=Cc2ncccc2C1. The zero-order valence-corrected chi connectivity index (χ0v) is 17.3. The van der Waals surface area contributed by atoms with Crippen molar-refractivity contribution >= 4 is 6.08 Å². The molecule has 0 radical (unpaired) electrons. The lowest BCUT2D eigenvalue weighted by atomic mass is 9.87. The zero-order chi connectivity index (χ0) is 22.2. The van der Waals surface area contributed by atoms with Crippen molar-refractivity contribution in [1.82, 2.24) is 20.9 Å². The molecule has 168 valence electrons. The van der Waals surface area contributed by atoms with Gasteiger partial charge in [-0.15, -0.1) is 0 Å². The lowest BCUT2D eigenvalue weighted by molar-refractivity contribution is -0.0619. The van der Waals surface area contributed by atoms with E-state index >= 15 is 0 Å². The fourth-order valence-corrected chi connectivity index (χ4v) is 4.55. The van der Waals surface area contributed by atoms with E-state index in [1.165, 1.54) is 0 Å². The minimum Gasteiger partial charge on any atom is -0.402 e. The fourth-order valence-electron chi connectivity index (χ4n) is 4.55. The molecule has 0 bridgehead atoms. The van der Waals surface area contributed by atoms with Crippen molar-refractivity contribution in [2.75, 3.05) is 0 Å². The third-order valence-corrected chi connectivity index (χ3v) is 6.37. The van der Waals surface area contributed by atoms with Crippen molar-refractivity contribution in [1.29, 1.82) is 0 Å². The van der Waals surface area contributed by atoms with Crippen LogP contribution in [-0.4, -0.2) is 35.2 Å². The molecule has 0 saturated heterocycles. The van der Waals surface area contributed by atoms with Gasteiger partial charge in [0.1, 0.15) is 11.6 Å². The molecule has 9 heteroatoms. The highest BCUT2D eigenvalue weighted by molar-refractivity contribution is 5.53. The van der Waals surface area contributed by atoms with Crippen molar-refractivity contribution in [2.45, 2.75) is 62.3 Å². The van der Waals surface area contributed by atoms with E-state index in [2.05, 4.69) is 27.5 Å². The number of rotatable bonds is 5. The molecule has 7 N–H and O–H groups in total. The van der Waals surface area contributed by atoms with Gasteiger partial charge in [-0.2, -0.15) is 0 Å². The third-order valence-electron chi connectivity index (χ3n) is 6.37. The van der Waals surface area contributed by atoms with Crippen LogP contribution in [0.15, 0.2) is 48.3 Å². The van der Waals surface area contributed by atoms with Crippen LogP contribution in [0.2, 0.25) is 0 Å². The van der Waals surface area contributed by atoms with E-state index in [0.29, 0.717) is 18.5 Å². The van der Waals surface area contributed by atoms with Crippen molar-refractivity contribution in [3.8, 4) is 0 Å². The molecule has 0 spiro atoms. The minimum atomic E-state index is -2.97. The van der Waals surface area contributed by atoms with E-state index < -0.39 is 35.9 Å². The molecular weight excluding hydrogens is 405 g/mol. The van der Waals surface area contributed by atoms with E-state index in [-0.39, 0.29) is 24.7 Å². The summed E-state index contributed by atoms with van der Waals surface area (Å²) in [6.07, 6.45) is 6.56. The van der Waals surface area contributed by atoms with Crippen LogP contribution < -0.4 is 27.4 Å². The van der Waals surface area contributed by atoms with Crippen LogP contribution in [0.3, 0.4) is 0 Å². The quantitative estimate of drug-likeness (QED) is 0.487. The summed E-state index contributed by atoms with van der Waals surface area (Å²) in [5.74, 6) is -3.74. The molecule has 2 heterocycles. The Morgan fingerprint density at radius 1 is 1.32 bits per heavy atom. The molecule has 5 atom stereocenters. The summed E-state index contributed by atoms with van der Waals surface area (Å²) in [6.45, 7) is 3.81. The van der Waals surface area contributed by atoms with Crippen LogP contribution in [0.4, 0.5) is 13.2 Å². The van der Waals surface area contributed by atoms with Crippen molar-refractivity contribution in [3.63, 3.8) is 0 Å². The summed E-state index contributed by atoms with van der Waals surface area (Å²) in [5, 5.41) is 9.46. The highest BCUT2D eigenvalue weighted by atomic mass is 19.3. The first-order chi connectivity index (χ1) is 14.7. The number of allylic oxidation sites excluding steroid dienone is 1. The molecule has 2 aliphatic carbocycles. The number of alkyl halides is 2. The maximum absolute atomic E-state index is 14.9. The van der Waals surface area contributed by atoms with E-state index in [1.807, 2.05) is 24.3 Å². The maximum Gasteiger partial charge on any atom is 0.264 e. The smallest absolute Gasteiger partial charge is 0.264 e. The average Bonchev–Trinajstić information content (AvgIpc) is 2.73. The molecule has 1 saturated carbocycles. The Morgan fingerprint density at radius 3 is 2.90 bits per heavy atom. The number of nitrogens with one attached hydrogen (secondary N) is 3. The maximum atomic E-state index is 14.9. The van der Waals surface area contributed by atoms with Crippen LogP contribution in [0, 0.1) is 5.92 Å². The van der Waals surface area contributed by atoms with Crippen molar-refractivity contribution < 1.29 is 13.2 Å². The Kier molecular flexibility index (Phi) is 5.98. The molecule has 6 nitrogen and oxygen atoms in total. The molecule has 0 amide bonds.